The Morgan fingerprint density at radius 2 is 1.88 bits per heavy atom. The van der Waals surface area contributed by atoms with E-state index in [4.69, 9.17) is 16.6 Å². The molecule has 0 saturated carbocycles. The maximum absolute atomic E-state index is 13.8. The molecule has 0 radical (unpaired) electrons. The quantitative estimate of drug-likeness (QED) is 0.411. The first kappa shape index (κ1) is 30.5. The van der Waals surface area contributed by atoms with Crippen LogP contribution in [-0.2, 0) is 24.2 Å². The third-order valence-electron chi connectivity index (χ3n) is 7.86. The maximum atomic E-state index is 13.8. The van der Waals surface area contributed by atoms with Crippen molar-refractivity contribution in [3.63, 3.8) is 0 Å². The van der Waals surface area contributed by atoms with Gasteiger partial charge in [-0.25, -0.2) is 9.78 Å². The first-order valence-corrected chi connectivity index (χ1v) is 15.6. The average Bonchev–Trinajstić information content (AvgIpc) is 3.15. The number of imidazole rings is 1. The minimum absolute atomic E-state index is 0.164. The highest BCUT2D eigenvalue weighted by Crippen LogP contribution is 2.38. The molecule has 3 aromatic rings. The number of carbonyl (C=O) groups excluding carboxylic acids is 2. The van der Waals surface area contributed by atoms with E-state index in [1.807, 2.05) is 63.7 Å². The highest BCUT2D eigenvalue weighted by atomic mass is 79.9. The molecule has 1 unspecified atom stereocenters. The molecule has 224 valence electrons. The van der Waals surface area contributed by atoms with Crippen molar-refractivity contribution in [1.82, 2.24) is 35.0 Å². The fourth-order valence-corrected chi connectivity index (χ4v) is 6.57. The summed E-state index contributed by atoms with van der Waals surface area (Å²) in [6.45, 7) is 12.2. The molecule has 0 bridgehead atoms. The summed E-state index contributed by atoms with van der Waals surface area (Å²) in [5, 5.41) is 6.86. The number of piperazine rings is 1. The number of halogens is 2. The number of hydrogen-bond donors (Lipinski definition) is 2. The third kappa shape index (κ3) is 6.82. The molecule has 42 heavy (non-hydrogen) atoms. The number of benzene rings is 1. The predicted molar refractivity (Wildman–Crippen MR) is 168 cm³/mol. The Balaban J connectivity index is 1.44. The van der Waals surface area contributed by atoms with E-state index in [-0.39, 0.29) is 18.0 Å². The first-order valence-electron chi connectivity index (χ1n) is 14.4. The van der Waals surface area contributed by atoms with Crippen molar-refractivity contribution in [2.45, 2.75) is 71.6 Å². The molecule has 3 amide bonds. The number of hydrogen-bond acceptors (Lipinski definition) is 5. The number of aryl methyl sites for hydroxylation is 4. The van der Waals surface area contributed by atoms with Crippen LogP contribution in [0.3, 0.4) is 0 Å². The predicted octanol–water partition coefficient (Wildman–Crippen LogP) is 4.81. The lowest BCUT2D eigenvalue weighted by Gasteiger charge is -2.44. The number of nitrogens with zero attached hydrogens (tertiary/aromatic N) is 5. The van der Waals surface area contributed by atoms with Crippen LogP contribution in [-0.4, -0.2) is 74.0 Å². The van der Waals surface area contributed by atoms with E-state index in [2.05, 4.69) is 48.6 Å². The van der Waals surface area contributed by atoms with Gasteiger partial charge in [-0.3, -0.25) is 14.7 Å². The van der Waals surface area contributed by atoms with Gasteiger partial charge in [-0.1, -0.05) is 17.7 Å². The molecule has 2 N–H and O–H groups in total. The lowest BCUT2D eigenvalue weighted by atomic mass is 9.95. The SMILES string of the molecule is Cc1cn(CCNC(=O)[C@H]2CN(C3c4ccc(Cl)cc4CCc4cc(Br)cnc43)CCN2C(=O)NC(C)(C)C)c(C)n1. The summed E-state index contributed by atoms with van der Waals surface area (Å²) in [5.74, 6) is 0.730. The Labute approximate surface area is 261 Å². The van der Waals surface area contributed by atoms with E-state index in [0.29, 0.717) is 37.7 Å². The number of rotatable bonds is 5. The van der Waals surface area contributed by atoms with E-state index < -0.39 is 11.6 Å². The molecule has 2 atom stereocenters. The summed E-state index contributed by atoms with van der Waals surface area (Å²) in [6, 6.07) is 7.12. The Hall–Kier alpha value is -2.95. The van der Waals surface area contributed by atoms with E-state index >= 15 is 0 Å². The highest BCUT2D eigenvalue weighted by molar-refractivity contribution is 9.10. The third-order valence-corrected chi connectivity index (χ3v) is 8.53. The zero-order chi connectivity index (χ0) is 30.2. The van der Waals surface area contributed by atoms with Crippen molar-refractivity contribution in [2.75, 3.05) is 26.2 Å². The van der Waals surface area contributed by atoms with Gasteiger partial charge < -0.3 is 20.1 Å². The minimum atomic E-state index is -0.676. The molecule has 1 aliphatic heterocycles. The number of nitrogens with one attached hydrogen (secondary N) is 2. The van der Waals surface area contributed by atoms with Crippen molar-refractivity contribution in [3.8, 4) is 0 Å². The summed E-state index contributed by atoms with van der Waals surface area (Å²) in [5.41, 5.74) is 4.99. The monoisotopic (exact) mass is 655 g/mol. The summed E-state index contributed by atoms with van der Waals surface area (Å²) < 4.78 is 2.97. The Bertz CT molecular complexity index is 1430. The molecule has 1 aliphatic carbocycles. The maximum Gasteiger partial charge on any atom is 0.318 e. The molecule has 5 rings (SSSR count). The lowest BCUT2D eigenvalue weighted by Crippen LogP contribution is -2.64. The van der Waals surface area contributed by atoms with Crippen molar-refractivity contribution in [2.24, 2.45) is 0 Å². The van der Waals surface area contributed by atoms with Crippen LogP contribution in [0, 0.1) is 13.8 Å². The van der Waals surface area contributed by atoms with E-state index in [1.54, 1.807) is 4.90 Å². The van der Waals surface area contributed by atoms with Crippen LogP contribution in [0.25, 0.3) is 0 Å². The Morgan fingerprint density at radius 3 is 2.60 bits per heavy atom. The Morgan fingerprint density at radius 1 is 1.12 bits per heavy atom. The van der Waals surface area contributed by atoms with E-state index in [0.717, 1.165) is 40.1 Å². The van der Waals surface area contributed by atoms with Crippen molar-refractivity contribution in [1.29, 1.82) is 0 Å². The minimum Gasteiger partial charge on any atom is -0.352 e. The summed E-state index contributed by atoms with van der Waals surface area (Å²) in [6.07, 6.45) is 5.51. The smallest absolute Gasteiger partial charge is 0.318 e. The van der Waals surface area contributed by atoms with Crippen LogP contribution in [0.2, 0.25) is 5.02 Å². The number of urea groups is 1. The van der Waals surface area contributed by atoms with Gasteiger partial charge in [0.1, 0.15) is 11.9 Å². The molecule has 1 fully saturated rings. The van der Waals surface area contributed by atoms with Crippen molar-refractivity contribution >= 4 is 39.5 Å². The topological polar surface area (TPSA) is 95.4 Å². The molecule has 11 heteroatoms. The van der Waals surface area contributed by atoms with Gasteiger partial charge in [-0.2, -0.15) is 0 Å². The normalized spacial score (nSPS) is 19.1. The standard InChI is InChI=1S/C31H39BrClN7O2/c1-19-17-38(20(2)36-19)11-10-34-29(41)26-18-39(12-13-40(26)30(42)37-31(3,4)5)28-25-9-8-24(33)15-21(25)6-7-22-14-23(32)16-35-27(22)28/h8-9,14-17,26,28H,6-7,10-13,18H2,1-5H3,(H,34,41)(H,37,42)/t26-,28?/m1/s1. The number of fused-ring (bicyclic) bond motifs is 2. The molecular formula is C31H39BrClN7O2. The fraction of sp³-hybridized carbons (Fsp3) is 0.484. The van der Waals surface area contributed by atoms with Gasteiger partial charge >= 0.3 is 6.03 Å². The number of amides is 3. The highest BCUT2D eigenvalue weighted by Gasteiger charge is 2.41. The number of aromatic nitrogens is 3. The molecule has 9 nitrogen and oxygen atoms in total. The van der Waals surface area contributed by atoms with Gasteiger partial charge in [0, 0.05) is 60.2 Å². The van der Waals surface area contributed by atoms with Crippen LogP contribution >= 0.6 is 27.5 Å². The molecule has 1 saturated heterocycles. The van der Waals surface area contributed by atoms with Gasteiger partial charge in [0.05, 0.1) is 17.4 Å². The van der Waals surface area contributed by atoms with Crippen LogP contribution < -0.4 is 10.6 Å². The molecule has 2 aliphatic rings. The molecule has 3 heterocycles. The second-order valence-electron chi connectivity index (χ2n) is 12.2. The van der Waals surface area contributed by atoms with E-state index in [1.165, 1.54) is 11.1 Å². The van der Waals surface area contributed by atoms with Gasteiger partial charge in [0.25, 0.3) is 0 Å². The Kier molecular flexibility index (Phi) is 8.97. The molecule has 2 aromatic heterocycles. The van der Waals surface area contributed by atoms with Gasteiger partial charge in [0.15, 0.2) is 0 Å². The van der Waals surface area contributed by atoms with Gasteiger partial charge in [-0.15, -0.1) is 0 Å². The molecule has 0 spiro atoms. The molecular weight excluding hydrogens is 618 g/mol. The number of pyridine rings is 1. The van der Waals surface area contributed by atoms with Crippen LogP contribution in [0.15, 0.2) is 41.1 Å². The van der Waals surface area contributed by atoms with Crippen molar-refractivity contribution < 1.29 is 9.59 Å². The van der Waals surface area contributed by atoms with Gasteiger partial charge in [0.2, 0.25) is 5.91 Å². The summed E-state index contributed by atoms with van der Waals surface area (Å²) >= 11 is 10.0. The van der Waals surface area contributed by atoms with Crippen LogP contribution in [0.1, 0.15) is 60.7 Å². The lowest BCUT2D eigenvalue weighted by molar-refractivity contribution is -0.127. The second kappa shape index (κ2) is 12.3. The average molecular weight is 657 g/mol. The van der Waals surface area contributed by atoms with E-state index in [9.17, 15) is 9.59 Å². The first-order chi connectivity index (χ1) is 19.9. The van der Waals surface area contributed by atoms with Crippen LogP contribution in [0.4, 0.5) is 4.79 Å². The summed E-state index contributed by atoms with van der Waals surface area (Å²) in [7, 11) is 0. The van der Waals surface area contributed by atoms with Crippen molar-refractivity contribution in [3.05, 3.63) is 80.1 Å². The number of carbonyl (C=O) groups is 2. The molecule has 1 aromatic carbocycles. The zero-order valence-electron chi connectivity index (χ0n) is 24.9. The summed E-state index contributed by atoms with van der Waals surface area (Å²) in [4.78, 5) is 40.6. The zero-order valence-corrected chi connectivity index (χ0v) is 27.2. The second-order valence-corrected chi connectivity index (χ2v) is 13.6. The van der Waals surface area contributed by atoms with Crippen LogP contribution in [0.5, 0.6) is 0 Å². The van der Waals surface area contributed by atoms with Gasteiger partial charge in [-0.05, 0) is 98.3 Å². The fourth-order valence-electron chi connectivity index (χ4n) is 5.99. The largest absolute Gasteiger partial charge is 0.352 e.